The molecule has 2 heterocycles. The van der Waals surface area contributed by atoms with Gasteiger partial charge >= 0.3 is 0 Å². The lowest BCUT2D eigenvalue weighted by Gasteiger charge is -2.34. The molecule has 0 saturated carbocycles. The number of hydrogen-bond acceptors (Lipinski definition) is 5. The van der Waals surface area contributed by atoms with Gasteiger partial charge in [-0.3, -0.25) is 0 Å². The number of nitrogens with zero attached hydrogens (tertiary/aromatic N) is 4. The summed E-state index contributed by atoms with van der Waals surface area (Å²) in [6.07, 6.45) is -0.0452. The summed E-state index contributed by atoms with van der Waals surface area (Å²) in [6.45, 7) is 5.74. The number of halogens is 1. The van der Waals surface area contributed by atoms with Crippen molar-refractivity contribution in [2.24, 2.45) is 0 Å². The molecule has 0 bridgehead atoms. The molecule has 0 spiro atoms. The van der Waals surface area contributed by atoms with Gasteiger partial charge in [-0.05, 0) is 37.1 Å². The standard InChI is InChI=1S/C17H17BrN4O/c1-11-12(2)20-21-17(15(11)9-19)22-6-7-23-16(10-22)13-4-3-5-14(18)8-13/h3-5,8,16H,6-7,10H2,1-2H3. The number of hydrogen-bond donors (Lipinski definition) is 0. The highest BCUT2D eigenvalue weighted by molar-refractivity contribution is 9.10. The SMILES string of the molecule is Cc1nnc(N2CCOC(c3cccc(Br)c3)C2)c(C#N)c1C. The normalized spacial score (nSPS) is 17.8. The Balaban J connectivity index is 1.90. The van der Waals surface area contributed by atoms with E-state index in [0.29, 0.717) is 31.1 Å². The van der Waals surface area contributed by atoms with E-state index in [1.165, 1.54) is 0 Å². The van der Waals surface area contributed by atoms with Gasteiger partial charge in [-0.15, -0.1) is 5.10 Å². The smallest absolute Gasteiger partial charge is 0.169 e. The maximum Gasteiger partial charge on any atom is 0.169 e. The van der Waals surface area contributed by atoms with E-state index in [-0.39, 0.29) is 6.10 Å². The van der Waals surface area contributed by atoms with Crippen molar-refractivity contribution >= 4 is 21.7 Å². The number of aromatic nitrogens is 2. The molecule has 1 fully saturated rings. The molecule has 1 aromatic carbocycles. The first-order valence-corrected chi connectivity index (χ1v) is 8.25. The third kappa shape index (κ3) is 3.21. The quantitative estimate of drug-likeness (QED) is 0.808. The van der Waals surface area contributed by atoms with Crippen LogP contribution < -0.4 is 4.90 Å². The van der Waals surface area contributed by atoms with Crippen LogP contribution in [0.4, 0.5) is 5.82 Å². The first kappa shape index (κ1) is 15.9. The topological polar surface area (TPSA) is 62.0 Å². The highest BCUT2D eigenvalue weighted by Gasteiger charge is 2.26. The molecular formula is C17H17BrN4O. The summed E-state index contributed by atoms with van der Waals surface area (Å²) in [4.78, 5) is 2.09. The Morgan fingerprint density at radius 2 is 2.17 bits per heavy atom. The van der Waals surface area contributed by atoms with E-state index in [1.54, 1.807) is 0 Å². The minimum atomic E-state index is -0.0452. The number of anilines is 1. The Hall–Kier alpha value is -1.97. The summed E-state index contributed by atoms with van der Waals surface area (Å²) in [5.41, 5.74) is 3.40. The van der Waals surface area contributed by atoms with Gasteiger partial charge in [0, 0.05) is 17.6 Å². The van der Waals surface area contributed by atoms with Gasteiger partial charge in [-0.2, -0.15) is 10.4 Å². The Morgan fingerprint density at radius 3 is 2.91 bits per heavy atom. The summed E-state index contributed by atoms with van der Waals surface area (Å²) < 4.78 is 6.93. The van der Waals surface area contributed by atoms with Crippen LogP contribution in [0.1, 0.15) is 28.5 Å². The highest BCUT2D eigenvalue weighted by Crippen LogP contribution is 2.29. The zero-order valence-electron chi connectivity index (χ0n) is 13.1. The molecule has 6 heteroatoms. The molecule has 1 aliphatic rings. The van der Waals surface area contributed by atoms with Crippen LogP contribution in [0.5, 0.6) is 0 Å². The minimum Gasteiger partial charge on any atom is -0.370 e. The van der Waals surface area contributed by atoms with E-state index in [4.69, 9.17) is 4.74 Å². The maximum absolute atomic E-state index is 9.49. The van der Waals surface area contributed by atoms with Gasteiger partial charge in [-0.1, -0.05) is 28.1 Å². The van der Waals surface area contributed by atoms with Crippen LogP contribution in [0.15, 0.2) is 28.7 Å². The lowest BCUT2D eigenvalue weighted by atomic mass is 10.1. The molecule has 3 rings (SSSR count). The van der Waals surface area contributed by atoms with Crippen LogP contribution in [-0.2, 0) is 4.74 Å². The van der Waals surface area contributed by atoms with Crippen molar-refractivity contribution in [3.63, 3.8) is 0 Å². The minimum absolute atomic E-state index is 0.0452. The third-order valence-electron chi connectivity index (χ3n) is 4.13. The Kier molecular flexibility index (Phi) is 4.60. The predicted octanol–water partition coefficient (Wildman–Crippen LogP) is 3.31. The average molecular weight is 373 g/mol. The van der Waals surface area contributed by atoms with Gasteiger partial charge in [0.05, 0.1) is 12.3 Å². The second-order valence-corrected chi connectivity index (χ2v) is 6.50. The van der Waals surface area contributed by atoms with Crippen molar-refractivity contribution < 1.29 is 4.74 Å². The van der Waals surface area contributed by atoms with E-state index < -0.39 is 0 Å². The van der Waals surface area contributed by atoms with Crippen LogP contribution in [0.25, 0.3) is 0 Å². The number of benzene rings is 1. The molecule has 5 nitrogen and oxygen atoms in total. The molecule has 1 aliphatic heterocycles. The van der Waals surface area contributed by atoms with Gasteiger partial charge in [-0.25, -0.2) is 0 Å². The largest absolute Gasteiger partial charge is 0.370 e. The molecule has 2 aromatic rings. The van der Waals surface area contributed by atoms with E-state index in [1.807, 2.05) is 26.0 Å². The fourth-order valence-corrected chi connectivity index (χ4v) is 3.12. The molecule has 118 valence electrons. The molecule has 0 radical (unpaired) electrons. The van der Waals surface area contributed by atoms with Crippen LogP contribution in [0, 0.1) is 25.2 Å². The van der Waals surface area contributed by atoms with Crippen LogP contribution in [-0.4, -0.2) is 29.9 Å². The molecule has 0 amide bonds. The van der Waals surface area contributed by atoms with Gasteiger partial charge in [0.15, 0.2) is 5.82 Å². The summed E-state index contributed by atoms with van der Waals surface area (Å²) in [6, 6.07) is 10.4. The van der Waals surface area contributed by atoms with Crippen molar-refractivity contribution in [3.8, 4) is 6.07 Å². The van der Waals surface area contributed by atoms with Crippen molar-refractivity contribution in [2.45, 2.75) is 20.0 Å². The van der Waals surface area contributed by atoms with Crippen molar-refractivity contribution in [2.75, 3.05) is 24.6 Å². The van der Waals surface area contributed by atoms with E-state index in [9.17, 15) is 5.26 Å². The van der Waals surface area contributed by atoms with E-state index in [0.717, 1.165) is 21.3 Å². The molecule has 0 aliphatic carbocycles. The summed E-state index contributed by atoms with van der Waals surface area (Å²) in [5.74, 6) is 0.652. The van der Waals surface area contributed by atoms with Gasteiger partial charge in [0.1, 0.15) is 17.7 Å². The molecule has 23 heavy (non-hydrogen) atoms. The molecule has 1 aromatic heterocycles. The zero-order chi connectivity index (χ0) is 16.4. The van der Waals surface area contributed by atoms with Crippen LogP contribution >= 0.6 is 15.9 Å². The first-order chi connectivity index (χ1) is 11.1. The first-order valence-electron chi connectivity index (χ1n) is 7.46. The Morgan fingerprint density at radius 1 is 1.35 bits per heavy atom. The summed E-state index contributed by atoms with van der Waals surface area (Å²) in [7, 11) is 0. The summed E-state index contributed by atoms with van der Waals surface area (Å²) >= 11 is 3.49. The number of nitriles is 1. The Bertz CT molecular complexity index is 772. The lowest BCUT2D eigenvalue weighted by Crippen LogP contribution is -2.39. The highest BCUT2D eigenvalue weighted by atomic mass is 79.9. The third-order valence-corrected chi connectivity index (χ3v) is 4.63. The molecule has 1 atom stereocenters. The predicted molar refractivity (Wildman–Crippen MR) is 91.3 cm³/mol. The van der Waals surface area contributed by atoms with Crippen molar-refractivity contribution in [3.05, 3.63) is 51.1 Å². The van der Waals surface area contributed by atoms with E-state index >= 15 is 0 Å². The fraction of sp³-hybridized carbons (Fsp3) is 0.353. The Labute approximate surface area is 144 Å². The fourth-order valence-electron chi connectivity index (χ4n) is 2.70. The number of rotatable bonds is 2. The molecular weight excluding hydrogens is 356 g/mol. The maximum atomic E-state index is 9.49. The number of aryl methyl sites for hydroxylation is 1. The lowest BCUT2D eigenvalue weighted by molar-refractivity contribution is 0.0394. The number of morpholine rings is 1. The van der Waals surface area contributed by atoms with E-state index in [2.05, 4.69) is 49.2 Å². The van der Waals surface area contributed by atoms with Gasteiger partial charge < -0.3 is 9.64 Å². The van der Waals surface area contributed by atoms with Crippen molar-refractivity contribution in [1.82, 2.24) is 10.2 Å². The second-order valence-electron chi connectivity index (χ2n) is 5.58. The average Bonchev–Trinajstić information content (AvgIpc) is 2.57. The van der Waals surface area contributed by atoms with Crippen LogP contribution in [0.3, 0.4) is 0 Å². The monoisotopic (exact) mass is 372 g/mol. The van der Waals surface area contributed by atoms with Gasteiger partial charge in [0.25, 0.3) is 0 Å². The molecule has 1 unspecified atom stereocenters. The van der Waals surface area contributed by atoms with Gasteiger partial charge in [0.2, 0.25) is 0 Å². The van der Waals surface area contributed by atoms with Crippen LogP contribution in [0.2, 0.25) is 0 Å². The number of ether oxygens (including phenoxy) is 1. The van der Waals surface area contributed by atoms with Crippen molar-refractivity contribution in [1.29, 1.82) is 5.26 Å². The summed E-state index contributed by atoms with van der Waals surface area (Å²) in [5, 5.41) is 17.9. The zero-order valence-corrected chi connectivity index (χ0v) is 14.7. The second kappa shape index (κ2) is 6.65. The molecule has 0 N–H and O–H groups in total. The molecule has 1 saturated heterocycles.